The molecule has 0 aromatic heterocycles. The second-order valence-corrected chi connectivity index (χ2v) is 7.88. The van der Waals surface area contributed by atoms with Crippen LogP contribution in [0.1, 0.15) is 72.6 Å². The summed E-state index contributed by atoms with van der Waals surface area (Å²) in [6.07, 6.45) is 7.32. The average Bonchev–Trinajstić information content (AvgIpc) is 2.33. The summed E-state index contributed by atoms with van der Waals surface area (Å²) in [5.41, 5.74) is 0. The van der Waals surface area contributed by atoms with Gasteiger partial charge >= 0.3 is 0 Å². The van der Waals surface area contributed by atoms with Crippen molar-refractivity contribution in [3.05, 3.63) is 0 Å². The van der Waals surface area contributed by atoms with Gasteiger partial charge < -0.3 is 5.32 Å². The summed E-state index contributed by atoms with van der Waals surface area (Å²) in [5, 5.41) is 3.30. The van der Waals surface area contributed by atoms with Gasteiger partial charge in [0.2, 0.25) is 10.0 Å². The van der Waals surface area contributed by atoms with Gasteiger partial charge in [-0.25, -0.2) is 13.1 Å². The largest absolute Gasteiger partial charge is 0.315 e. The van der Waals surface area contributed by atoms with Gasteiger partial charge in [0.1, 0.15) is 0 Å². The van der Waals surface area contributed by atoms with Gasteiger partial charge in [0.15, 0.2) is 0 Å². The lowest BCUT2D eigenvalue weighted by atomic mass is 10.1. The molecule has 0 rings (SSSR count). The van der Waals surface area contributed by atoms with Crippen molar-refractivity contribution < 1.29 is 8.42 Å². The second kappa shape index (κ2) is 11.5. The van der Waals surface area contributed by atoms with E-state index in [-0.39, 0.29) is 11.8 Å². The number of unbranched alkanes of at least 4 members (excludes halogenated alkanes) is 4. The zero-order valence-corrected chi connectivity index (χ0v) is 14.6. The maximum absolute atomic E-state index is 11.9. The molecular formula is C15H34N2O2S. The van der Waals surface area contributed by atoms with Crippen LogP contribution in [0.5, 0.6) is 0 Å². The first kappa shape index (κ1) is 19.9. The highest BCUT2D eigenvalue weighted by molar-refractivity contribution is 7.89. The molecular weight excluding hydrogens is 272 g/mol. The lowest BCUT2D eigenvalue weighted by Crippen LogP contribution is -2.34. The number of hydrogen-bond donors (Lipinski definition) is 2. The van der Waals surface area contributed by atoms with Gasteiger partial charge in [0, 0.05) is 12.1 Å². The van der Waals surface area contributed by atoms with Crippen LogP contribution < -0.4 is 10.0 Å². The third-order valence-corrected chi connectivity index (χ3v) is 4.85. The van der Waals surface area contributed by atoms with Crippen LogP contribution in [0, 0.1) is 0 Å². The van der Waals surface area contributed by atoms with Crippen molar-refractivity contribution in [3.63, 3.8) is 0 Å². The summed E-state index contributed by atoms with van der Waals surface area (Å²) in [6.45, 7) is 9.22. The van der Waals surface area contributed by atoms with Crippen LogP contribution in [0.3, 0.4) is 0 Å². The first-order valence-electron chi connectivity index (χ1n) is 8.10. The van der Waals surface area contributed by atoms with E-state index in [9.17, 15) is 8.42 Å². The Kier molecular flexibility index (Phi) is 11.4. The third kappa shape index (κ3) is 12.9. The van der Waals surface area contributed by atoms with E-state index in [1.165, 1.54) is 19.3 Å². The zero-order valence-electron chi connectivity index (χ0n) is 13.7. The van der Waals surface area contributed by atoms with Gasteiger partial charge in [0.25, 0.3) is 0 Å². The molecule has 0 heterocycles. The number of rotatable bonds is 13. The van der Waals surface area contributed by atoms with Crippen LogP contribution in [-0.4, -0.2) is 32.8 Å². The zero-order chi connectivity index (χ0) is 15.4. The number of sulfonamides is 1. The predicted molar refractivity (Wildman–Crippen MR) is 87.5 cm³/mol. The molecule has 0 radical (unpaired) electrons. The van der Waals surface area contributed by atoms with Crippen LogP contribution in [0.4, 0.5) is 0 Å². The lowest BCUT2D eigenvalue weighted by molar-refractivity contribution is 0.518. The van der Waals surface area contributed by atoms with Gasteiger partial charge in [-0.15, -0.1) is 0 Å². The molecule has 5 heteroatoms. The smallest absolute Gasteiger partial charge is 0.211 e. The SMILES string of the molecule is CCCCCCC(C)NS(=O)(=O)CCCCNC(C)C. The number of nitrogens with one attached hydrogen (secondary N) is 2. The van der Waals surface area contributed by atoms with Crippen LogP contribution in [-0.2, 0) is 10.0 Å². The topological polar surface area (TPSA) is 58.2 Å². The van der Waals surface area contributed by atoms with Crippen molar-refractivity contribution >= 4 is 10.0 Å². The first-order chi connectivity index (χ1) is 9.37. The van der Waals surface area contributed by atoms with E-state index in [1.807, 2.05) is 6.92 Å². The molecule has 1 unspecified atom stereocenters. The second-order valence-electron chi connectivity index (χ2n) is 6.00. The molecule has 0 aromatic rings. The number of hydrogen-bond acceptors (Lipinski definition) is 3. The Morgan fingerprint density at radius 2 is 1.65 bits per heavy atom. The Morgan fingerprint density at radius 1 is 0.950 bits per heavy atom. The Labute approximate surface area is 126 Å². The van der Waals surface area contributed by atoms with Gasteiger partial charge in [-0.3, -0.25) is 0 Å². The summed E-state index contributed by atoms with van der Waals surface area (Å²) < 4.78 is 26.6. The molecule has 0 amide bonds. The Hall–Kier alpha value is -0.130. The molecule has 0 aromatic carbocycles. The molecule has 1 atom stereocenters. The lowest BCUT2D eigenvalue weighted by Gasteiger charge is -2.14. The van der Waals surface area contributed by atoms with E-state index in [0.29, 0.717) is 6.04 Å². The highest BCUT2D eigenvalue weighted by Gasteiger charge is 2.13. The van der Waals surface area contributed by atoms with E-state index in [2.05, 4.69) is 30.8 Å². The standard InChI is InChI=1S/C15H34N2O2S/c1-5-6-7-8-11-15(4)17-20(18,19)13-10-9-12-16-14(2)3/h14-17H,5-13H2,1-4H3. The highest BCUT2D eigenvalue weighted by atomic mass is 32.2. The quantitative estimate of drug-likeness (QED) is 0.514. The Bertz CT molecular complexity index is 316. The average molecular weight is 307 g/mol. The minimum atomic E-state index is -3.10. The van der Waals surface area contributed by atoms with Crippen LogP contribution in [0.15, 0.2) is 0 Å². The predicted octanol–water partition coefficient (Wildman–Crippen LogP) is 3.04. The van der Waals surface area contributed by atoms with Crippen molar-refractivity contribution in [1.82, 2.24) is 10.0 Å². The van der Waals surface area contributed by atoms with E-state index in [1.54, 1.807) is 0 Å². The van der Waals surface area contributed by atoms with Crippen molar-refractivity contribution in [2.24, 2.45) is 0 Å². The molecule has 0 aliphatic carbocycles. The van der Waals surface area contributed by atoms with Gasteiger partial charge in [0.05, 0.1) is 5.75 Å². The van der Waals surface area contributed by atoms with Gasteiger partial charge in [-0.05, 0) is 32.7 Å². The molecule has 122 valence electrons. The molecule has 0 fully saturated rings. The monoisotopic (exact) mass is 306 g/mol. The van der Waals surface area contributed by atoms with Crippen molar-refractivity contribution in [3.8, 4) is 0 Å². The normalized spacial score (nSPS) is 13.8. The maximum Gasteiger partial charge on any atom is 0.211 e. The highest BCUT2D eigenvalue weighted by Crippen LogP contribution is 2.06. The Balaban J connectivity index is 3.71. The van der Waals surface area contributed by atoms with E-state index in [4.69, 9.17) is 0 Å². The molecule has 4 nitrogen and oxygen atoms in total. The molecule has 0 spiro atoms. The molecule has 20 heavy (non-hydrogen) atoms. The summed E-state index contributed by atoms with van der Waals surface area (Å²) in [5.74, 6) is 0.242. The molecule has 2 N–H and O–H groups in total. The molecule has 0 saturated heterocycles. The minimum Gasteiger partial charge on any atom is -0.315 e. The molecule has 0 bridgehead atoms. The van der Waals surface area contributed by atoms with Gasteiger partial charge in [-0.2, -0.15) is 0 Å². The van der Waals surface area contributed by atoms with Crippen molar-refractivity contribution in [2.45, 2.75) is 84.7 Å². The summed E-state index contributed by atoms with van der Waals surface area (Å²) in [6, 6.07) is 0.526. The van der Waals surface area contributed by atoms with Gasteiger partial charge in [-0.1, -0.05) is 46.5 Å². The fraction of sp³-hybridized carbons (Fsp3) is 1.00. The van der Waals surface area contributed by atoms with Crippen molar-refractivity contribution in [1.29, 1.82) is 0 Å². The van der Waals surface area contributed by atoms with E-state index >= 15 is 0 Å². The first-order valence-corrected chi connectivity index (χ1v) is 9.76. The molecule has 0 saturated carbocycles. The maximum atomic E-state index is 11.9. The van der Waals surface area contributed by atoms with Crippen molar-refractivity contribution in [2.75, 3.05) is 12.3 Å². The fourth-order valence-electron chi connectivity index (χ4n) is 2.11. The fourth-order valence-corrected chi connectivity index (χ4v) is 3.54. The van der Waals surface area contributed by atoms with E-state index < -0.39 is 10.0 Å². The van der Waals surface area contributed by atoms with Crippen LogP contribution in [0.25, 0.3) is 0 Å². The third-order valence-electron chi connectivity index (χ3n) is 3.26. The molecule has 0 aliphatic rings. The Morgan fingerprint density at radius 3 is 2.25 bits per heavy atom. The van der Waals surface area contributed by atoms with Crippen LogP contribution in [0.2, 0.25) is 0 Å². The summed E-state index contributed by atoms with van der Waals surface area (Å²) >= 11 is 0. The summed E-state index contributed by atoms with van der Waals surface area (Å²) in [4.78, 5) is 0. The molecule has 0 aliphatic heterocycles. The van der Waals surface area contributed by atoms with E-state index in [0.717, 1.165) is 32.2 Å². The van der Waals surface area contributed by atoms with Crippen LogP contribution >= 0.6 is 0 Å². The minimum absolute atomic E-state index is 0.0608. The summed E-state index contributed by atoms with van der Waals surface area (Å²) in [7, 11) is -3.10.